The molecular weight excluding hydrogens is 374 g/mol. The van der Waals surface area contributed by atoms with Gasteiger partial charge in [0.1, 0.15) is 9.88 Å². The smallest absolute Gasteiger partial charge is 0.265 e. The second kappa shape index (κ2) is 7.92. The highest BCUT2D eigenvalue weighted by Crippen LogP contribution is 2.30. The van der Waals surface area contributed by atoms with Crippen molar-refractivity contribution in [2.45, 2.75) is 20.4 Å². The minimum atomic E-state index is 0.127. The number of aryl methyl sites for hydroxylation is 2. The number of thiophene rings is 1. The Labute approximate surface area is 168 Å². The van der Waals surface area contributed by atoms with Crippen LogP contribution >= 0.6 is 22.7 Å². The summed E-state index contributed by atoms with van der Waals surface area (Å²) < 4.78 is 0. The molecule has 0 aliphatic carbocycles. The minimum Gasteiger partial charge on any atom is -0.335 e. The van der Waals surface area contributed by atoms with Crippen molar-refractivity contribution in [1.82, 2.24) is 14.8 Å². The zero-order valence-electron chi connectivity index (χ0n) is 15.6. The topological polar surface area (TPSA) is 36.4 Å². The van der Waals surface area contributed by atoms with E-state index in [1.54, 1.807) is 11.3 Å². The van der Waals surface area contributed by atoms with Gasteiger partial charge in [0.05, 0.1) is 5.69 Å². The molecule has 0 unspecified atom stereocenters. The lowest BCUT2D eigenvalue weighted by Crippen LogP contribution is -2.48. The van der Waals surface area contributed by atoms with Crippen LogP contribution in [0.3, 0.4) is 0 Å². The summed E-state index contributed by atoms with van der Waals surface area (Å²) in [6.45, 7) is 8.39. The highest BCUT2D eigenvalue weighted by atomic mass is 32.1. The van der Waals surface area contributed by atoms with E-state index < -0.39 is 0 Å². The van der Waals surface area contributed by atoms with Gasteiger partial charge in [0.15, 0.2) is 0 Å². The number of hydrogen-bond donors (Lipinski definition) is 0. The molecule has 27 heavy (non-hydrogen) atoms. The maximum absolute atomic E-state index is 13.0. The molecule has 0 atom stereocenters. The fourth-order valence-electron chi connectivity index (χ4n) is 3.43. The number of piperazine rings is 1. The average Bonchev–Trinajstić information content (AvgIpc) is 3.31. The summed E-state index contributed by atoms with van der Waals surface area (Å²) in [6, 6.07) is 10.7. The maximum atomic E-state index is 13.0. The van der Waals surface area contributed by atoms with E-state index in [1.165, 1.54) is 22.5 Å². The molecule has 2 aromatic heterocycles. The van der Waals surface area contributed by atoms with Crippen molar-refractivity contribution in [3.05, 3.63) is 62.8 Å². The molecule has 1 aliphatic rings. The normalized spacial score (nSPS) is 15.3. The van der Waals surface area contributed by atoms with Gasteiger partial charge >= 0.3 is 0 Å². The number of thiazole rings is 1. The van der Waals surface area contributed by atoms with Crippen molar-refractivity contribution in [2.24, 2.45) is 0 Å². The molecule has 1 amide bonds. The molecule has 1 fully saturated rings. The van der Waals surface area contributed by atoms with Crippen molar-refractivity contribution in [1.29, 1.82) is 0 Å². The lowest BCUT2D eigenvalue weighted by molar-refractivity contribution is 0.0632. The van der Waals surface area contributed by atoms with Gasteiger partial charge in [0.25, 0.3) is 5.91 Å². The van der Waals surface area contributed by atoms with Gasteiger partial charge in [0, 0.05) is 43.7 Å². The van der Waals surface area contributed by atoms with Gasteiger partial charge in [-0.05, 0) is 30.9 Å². The van der Waals surface area contributed by atoms with Gasteiger partial charge in [-0.2, -0.15) is 11.3 Å². The van der Waals surface area contributed by atoms with Crippen LogP contribution in [0.25, 0.3) is 10.6 Å². The third-order valence-corrected chi connectivity index (χ3v) is 6.78. The first kappa shape index (κ1) is 18.3. The third-order valence-electron chi connectivity index (χ3n) is 4.91. The molecule has 6 heteroatoms. The van der Waals surface area contributed by atoms with Gasteiger partial charge in [-0.25, -0.2) is 4.98 Å². The van der Waals surface area contributed by atoms with Crippen molar-refractivity contribution < 1.29 is 4.79 Å². The van der Waals surface area contributed by atoms with E-state index in [0.29, 0.717) is 0 Å². The van der Waals surface area contributed by atoms with Crippen LogP contribution in [-0.2, 0) is 6.54 Å². The van der Waals surface area contributed by atoms with Crippen LogP contribution in [0.1, 0.15) is 26.5 Å². The van der Waals surface area contributed by atoms with Crippen molar-refractivity contribution >= 4 is 28.6 Å². The van der Waals surface area contributed by atoms with E-state index in [0.717, 1.165) is 53.9 Å². The molecule has 0 radical (unpaired) electrons. The van der Waals surface area contributed by atoms with E-state index in [2.05, 4.69) is 52.5 Å². The first-order valence-corrected chi connectivity index (χ1v) is 10.9. The summed E-state index contributed by atoms with van der Waals surface area (Å²) in [5, 5.41) is 5.06. The van der Waals surface area contributed by atoms with Crippen LogP contribution < -0.4 is 0 Å². The number of benzene rings is 1. The fraction of sp³-hybridized carbons (Fsp3) is 0.333. The largest absolute Gasteiger partial charge is 0.335 e. The van der Waals surface area contributed by atoms with Crippen LogP contribution in [-0.4, -0.2) is 46.9 Å². The monoisotopic (exact) mass is 397 g/mol. The first-order valence-electron chi connectivity index (χ1n) is 9.17. The Morgan fingerprint density at radius 1 is 1.15 bits per heavy atom. The molecule has 4 nitrogen and oxygen atoms in total. The Morgan fingerprint density at radius 3 is 2.67 bits per heavy atom. The number of carbonyl (C=O) groups is 1. The molecular formula is C21H23N3OS2. The van der Waals surface area contributed by atoms with Gasteiger partial charge in [-0.1, -0.05) is 29.8 Å². The minimum absolute atomic E-state index is 0.127. The Hall–Kier alpha value is -2.02. The van der Waals surface area contributed by atoms with Gasteiger partial charge in [-0.15, -0.1) is 11.3 Å². The SMILES string of the molecule is Cc1cccc(CN2CCN(C(=O)c3sc(-c4ccsc4)nc3C)CC2)c1. The van der Waals surface area contributed by atoms with E-state index in [1.807, 2.05) is 17.2 Å². The highest BCUT2D eigenvalue weighted by molar-refractivity contribution is 7.17. The van der Waals surface area contributed by atoms with Crippen molar-refractivity contribution in [3.8, 4) is 10.6 Å². The van der Waals surface area contributed by atoms with E-state index in [9.17, 15) is 4.79 Å². The molecule has 1 aromatic carbocycles. The van der Waals surface area contributed by atoms with Crippen molar-refractivity contribution in [3.63, 3.8) is 0 Å². The standard InChI is InChI=1S/C21H23N3OS2/c1-15-4-3-5-17(12-15)13-23-7-9-24(10-8-23)21(25)19-16(2)22-20(27-19)18-6-11-26-14-18/h3-6,11-12,14H,7-10,13H2,1-2H3. The summed E-state index contributed by atoms with van der Waals surface area (Å²) in [4.78, 5) is 22.8. The second-order valence-corrected chi connectivity index (χ2v) is 8.78. The molecule has 0 spiro atoms. The predicted molar refractivity (Wildman–Crippen MR) is 113 cm³/mol. The lowest BCUT2D eigenvalue weighted by atomic mass is 10.1. The number of nitrogens with zero attached hydrogens (tertiary/aromatic N) is 3. The molecule has 0 saturated carbocycles. The summed E-state index contributed by atoms with van der Waals surface area (Å²) in [5.41, 5.74) is 4.58. The van der Waals surface area contributed by atoms with Crippen molar-refractivity contribution in [2.75, 3.05) is 26.2 Å². The Morgan fingerprint density at radius 2 is 1.96 bits per heavy atom. The first-order chi connectivity index (χ1) is 13.1. The number of hydrogen-bond acceptors (Lipinski definition) is 5. The number of rotatable bonds is 4. The van der Waals surface area contributed by atoms with Crippen LogP contribution in [0.4, 0.5) is 0 Å². The molecule has 0 bridgehead atoms. The molecule has 0 N–H and O–H groups in total. The molecule has 3 heterocycles. The second-order valence-electron chi connectivity index (χ2n) is 7.00. The zero-order valence-corrected chi connectivity index (χ0v) is 17.3. The molecule has 1 aliphatic heterocycles. The predicted octanol–water partition coefficient (Wildman–Crippen LogP) is 4.45. The Balaban J connectivity index is 1.39. The molecule has 4 rings (SSSR count). The van der Waals surface area contributed by atoms with Gasteiger partial charge in [0.2, 0.25) is 0 Å². The van der Waals surface area contributed by atoms with Crippen LogP contribution in [0.15, 0.2) is 41.1 Å². The average molecular weight is 398 g/mol. The van der Waals surface area contributed by atoms with Gasteiger partial charge < -0.3 is 4.90 Å². The highest BCUT2D eigenvalue weighted by Gasteiger charge is 2.25. The van der Waals surface area contributed by atoms with E-state index in [4.69, 9.17) is 0 Å². The number of aromatic nitrogens is 1. The summed E-state index contributed by atoms with van der Waals surface area (Å²) in [7, 11) is 0. The quantitative estimate of drug-likeness (QED) is 0.653. The Kier molecular flexibility index (Phi) is 5.38. The molecule has 3 aromatic rings. The zero-order chi connectivity index (χ0) is 18.8. The van der Waals surface area contributed by atoms with Gasteiger partial charge in [-0.3, -0.25) is 9.69 Å². The van der Waals surface area contributed by atoms with Crippen LogP contribution in [0.5, 0.6) is 0 Å². The summed E-state index contributed by atoms with van der Waals surface area (Å²) in [5.74, 6) is 0.127. The number of amides is 1. The molecule has 140 valence electrons. The summed E-state index contributed by atoms with van der Waals surface area (Å²) >= 11 is 3.17. The van der Waals surface area contributed by atoms with Crippen LogP contribution in [0, 0.1) is 13.8 Å². The molecule has 1 saturated heterocycles. The lowest BCUT2D eigenvalue weighted by Gasteiger charge is -2.34. The fourth-order valence-corrected chi connectivity index (χ4v) is 5.17. The van der Waals surface area contributed by atoms with Crippen LogP contribution in [0.2, 0.25) is 0 Å². The summed E-state index contributed by atoms with van der Waals surface area (Å²) in [6.07, 6.45) is 0. The van der Waals surface area contributed by atoms with E-state index in [-0.39, 0.29) is 5.91 Å². The third kappa shape index (κ3) is 4.13. The van der Waals surface area contributed by atoms with E-state index >= 15 is 0 Å². The maximum Gasteiger partial charge on any atom is 0.265 e. The number of carbonyl (C=O) groups excluding carboxylic acids is 1. The Bertz CT molecular complexity index is 925.